The highest BCUT2D eigenvalue weighted by atomic mass is 16.4. The number of hydrogen-bond acceptors (Lipinski definition) is 9. The third kappa shape index (κ3) is 11.0. The quantitative estimate of drug-likeness (QED) is 0.196. The van der Waals surface area contributed by atoms with Crippen LogP contribution in [-0.2, 0) is 28.8 Å². The second-order valence-electron chi connectivity index (χ2n) is 14.5. The summed E-state index contributed by atoms with van der Waals surface area (Å²) in [4.78, 5) is 94.9. The summed E-state index contributed by atoms with van der Waals surface area (Å²) in [5.41, 5.74) is -0.250. The van der Waals surface area contributed by atoms with E-state index in [1.807, 2.05) is 13.8 Å². The minimum Gasteiger partial charge on any atom is -0.481 e. The number of anilines is 1. The first-order chi connectivity index (χ1) is 23.3. The average Bonchev–Trinajstić information content (AvgIpc) is 3.46. The van der Waals surface area contributed by atoms with E-state index < -0.39 is 95.7 Å². The van der Waals surface area contributed by atoms with Gasteiger partial charge in [0.2, 0.25) is 29.5 Å². The van der Waals surface area contributed by atoms with Gasteiger partial charge >= 0.3 is 5.97 Å². The summed E-state index contributed by atoms with van der Waals surface area (Å²) in [5.74, 6) is -5.88. The largest absolute Gasteiger partial charge is 0.481 e. The van der Waals surface area contributed by atoms with E-state index >= 15 is 0 Å². The Kier molecular flexibility index (Phi) is 13.5. The van der Waals surface area contributed by atoms with Crippen LogP contribution in [0.2, 0.25) is 0 Å². The van der Waals surface area contributed by atoms with E-state index in [-0.39, 0.29) is 17.9 Å². The summed E-state index contributed by atoms with van der Waals surface area (Å²) in [7, 11) is 0. The molecule has 8 N–H and O–H groups in total. The molecule has 1 aromatic carbocycles. The number of carboxylic acid groups (broad SMARTS) is 1. The summed E-state index contributed by atoms with van der Waals surface area (Å²) in [6.07, 6.45) is -1.25. The summed E-state index contributed by atoms with van der Waals surface area (Å²) in [6.45, 7) is 12.1. The zero-order chi connectivity index (χ0) is 37.5. The summed E-state index contributed by atoms with van der Waals surface area (Å²) >= 11 is 0. The molecular weight excluding hydrogens is 650 g/mol. The number of amides is 6. The molecule has 0 saturated carbocycles. The van der Waals surface area contributed by atoms with Crippen LogP contribution in [0.3, 0.4) is 0 Å². The standard InChI is InChI=1S/C34H51N7O9/c1-17(2)14-22-29(46)38-23(16-25(43)44)30(47)39-26(19(4)42)32(49)35-18(3)27(33(50)40-34(5,6)7)41-13-9-12-24(41)31(48)36-21-11-8-10-20(15-21)28(45)37-22/h8,10-11,15,17-19,22-24,26-27,42H,9,12-14,16H2,1-7H3,(H,35,49)(H,36,48)(H,37,45)(H,38,46)(H,39,47)(H,40,50)(H,43,44)/t18-,19+,22-,23-,24-,26-,27-/m0/s1. The fraction of sp³-hybridized carbons (Fsp3) is 0.618. The summed E-state index contributed by atoms with van der Waals surface area (Å²) in [6, 6.07) is -1.22. The molecule has 2 bridgehead atoms. The van der Waals surface area contributed by atoms with E-state index in [1.165, 1.54) is 19.1 Å². The van der Waals surface area contributed by atoms with Crippen LogP contribution in [0.1, 0.15) is 84.5 Å². The van der Waals surface area contributed by atoms with Gasteiger partial charge in [-0.15, -0.1) is 0 Å². The molecule has 16 nitrogen and oxygen atoms in total. The van der Waals surface area contributed by atoms with Crippen molar-refractivity contribution in [1.29, 1.82) is 0 Å². The first-order valence-electron chi connectivity index (χ1n) is 16.9. The van der Waals surface area contributed by atoms with Gasteiger partial charge in [-0.25, -0.2) is 0 Å². The van der Waals surface area contributed by atoms with Crippen LogP contribution >= 0.6 is 0 Å². The Morgan fingerprint density at radius 3 is 2.20 bits per heavy atom. The van der Waals surface area contributed by atoms with Crippen molar-refractivity contribution >= 4 is 47.1 Å². The maximum absolute atomic E-state index is 13.8. The van der Waals surface area contributed by atoms with Gasteiger partial charge in [-0.3, -0.25) is 38.5 Å². The Labute approximate surface area is 291 Å². The van der Waals surface area contributed by atoms with E-state index in [2.05, 4.69) is 31.9 Å². The van der Waals surface area contributed by atoms with Crippen LogP contribution in [0, 0.1) is 5.92 Å². The smallest absolute Gasteiger partial charge is 0.305 e. The lowest BCUT2D eigenvalue weighted by molar-refractivity contribution is -0.141. The number of rotatable bonds is 6. The number of fused-ring (bicyclic) bond motifs is 3. The number of benzene rings is 1. The minimum absolute atomic E-state index is 0.108. The van der Waals surface area contributed by atoms with Crippen molar-refractivity contribution in [2.24, 2.45) is 5.92 Å². The van der Waals surface area contributed by atoms with E-state index in [0.29, 0.717) is 25.1 Å². The van der Waals surface area contributed by atoms with Crippen LogP contribution in [0.25, 0.3) is 0 Å². The second kappa shape index (κ2) is 16.9. The van der Waals surface area contributed by atoms with E-state index in [4.69, 9.17) is 0 Å². The maximum atomic E-state index is 13.8. The highest BCUT2D eigenvalue weighted by molar-refractivity contribution is 6.01. The van der Waals surface area contributed by atoms with Gasteiger partial charge in [0.25, 0.3) is 5.91 Å². The predicted molar refractivity (Wildman–Crippen MR) is 183 cm³/mol. The molecule has 2 aliphatic heterocycles. The Morgan fingerprint density at radius 2 is 1.60 bits per heavy atom. The van der Waals surface area contributed by atoms with Crippen molar-refractivity contribution in [2.45, 2.75) is 122 Å². The fourth-order valence-corrected chi connectivity index (χ4v) is 6.13. The number of hydrogen-bond donors (Lipinski definition) is 8. The molecule has 0 aromatic heterocycles. The van der Waals surface area contributed by atoms with Gasteiger partial charge in [0, 0.05) is 16.8 Å². The fourth-order valence-electron chi connectivity index (χ4n) is 6.13. The molecule has 0 aliphatic carbocycles. The molecule has 7 atom stereocenters. The molecule has 1 aromatic rings. The monoisotopic (exact) mass is 701 g/mol. The second-order valence-corrected chi connectivity index (χ2v) is 14.5. The predicted octanol–water partition coefficient (Wildman–Crippen LogP) is -0.139. The first-order valence-corrected chi connectivity index (χ1v) is 16.9. The molecule has 2 heterocycles. The third-order valence-electron chi connectivity index (χ3n) is 8.36. The van der Waals surface area contributed by atoms with Gasteiger partial charge < -0.3 is 42.1 Å². The summed E-state index contributed by atoms with van der Waals surface area (Å²) < 4.78 is 0. The molecule has 0 unspecified atom stereocenters. The number of carboxylic acids is 1. The molecule has 0 radical (unpaired) electrons. The zero-order valence-electron chi connectivity index (χ0n) is 29.7. The molecule has 50 heavy (non-hydrogen) atoms. The lowest BCUT2D eigenvalue weighted by Gasteiger charge is -2.37. The molecule has 2 aliphatic rings. The molecule has 1 fully saturated rings. The van der Waals surface area contributed by atoms with Crippen LogP contribution in [0.5, 0.6) is 0 Å². The average molecular weight is 702 g/mol. The SMILES string of the molecule is CC(C)C[C@@H]1NC(=O)c2cccc(c2)NC(=O)[C@@H]2CCCN2[C@H](C(=O)NC(C)(C)C)[C@H](C)NC(=O)[C@H]([C@@H](C)O)NC(=O)[C@H](CC(=O)O)NC1=O. The van der Waals surface area contributed by atoms with E-state index in [1.54, 1.807) is 44.7 Å². The molecular formula is C34H51N7O9. The summed E-state index contributed by atoms with van der Waals surface area (Å²) in [5, 5.41) is 35.9. The van der Waals surface area contributed by atoms with Gasteiger partial charge in [-0.2, -0.15) is 0 Å². The van der Waals surface area contributed by atoms with Crippen LogP contribution in [-0.4, -0.2) is 111 Å². The van der Waals surface area contributed by atoms with Crippen molar-refractivity contribution in [3.63, 3.8) is 0 Å². The Hall–Kier alpha value is -4.57. The maximum Gasteiger partial charge on any atom is 0.305 e. The number of aliphatic hydroxyl groups is 1. The number of carbonyl (C=O) groups is 7. The van der Waals surface area contributed by atoms with Gasteiger partial charge in [0.05, 0.1) is 24.6 Å². The zero-order valence-corrected chi connectivity index (χ0v) is 29.7. The highest BCUT2D eigenvalue weighted by Gasteiger charge is 2.43. The molecule has 6 amide bonds. The van der Waals surface area contributed by atoms with Crippen molar-refractivity contribution < 1.29 is 43.8 Å². The lowest BCUT2D eigenvalue weighted by atomic mass is 10.0. The van der Waals surface area contributed by atoms with Crippen molar-refractivity contribution in [1.82, 2.24) is 31.5 Å². The van der Waals surface area contributed by atoms with Gasteiger partial charge in [0.1, 0.15) is 24.2 Å². The van der Waals surface area contributed by atoms with Crippen LogP contribution in [0.15, 0.2) is 24.3 Å². The highest BCUT2D eigenvalue weighted by Crippen LogP contribution is 2.25. The van der Waals surface area contributed by atoms with E-state index in [9.17, 15) is 43.8 Å². The van der Waals surface area contributed by atoms with Crippen LogP contribution in [0.4, 0.5) is 5.69 Å². The number of nitrogens with zero attached hydrogens (tertiary/aromatic N) is 1. The lowest BCUT2D eigenvalue weighted by Crippen LogP contribution is -2.64. The number of carbonyl (C=O) groups excluding carboxylic acids is 6. The number of aliphatic hydroxyl groups excluding tert-OH is 1. The van der Waals surface area contributed by atoms with Crippen molar-refractivity contribution in [3.8, 4) is 0 Å². The number of nitrogens with one attached hydrogen (secondary N) is 6. The Balaban J connectivity index is 2.12. The van der Waals surface area contributed by atoms with Gasteiger partial charge in [-0.05, 0) is 84.5 Å². The Morgan fingerprint density at radius 1 is 0.940 bits per heavy atom. The van der Waals surface area contributed by atoms with Gasteiger partial charge in [-0.1, -0.05) is 19.9 Å². The van der Waals surface area contributed by atoms with Crippen molar-refractivity contribution in [2.75, 3.05) is 11.9 Å². The molecule has 16 heteroatoms. The van der Waals surface area contributed by atoms with Gasteiger partial charge in [0.15, 0.2) is 0 Å². The molecule has 276 valence electrons. The first kappa shape index (κ1) is 39.9. The molecule has 0 spiro atoms. The normalized spacial score (nSPS) is 26.8. The molecule has 1 saturated heterocycles. The Bertz CT molecular complexity index is 1460. The topological polar surface area (TPSA) is 235 Å². The van der Waals surface area contributed by atoms with Crippen molar-refractivity contribution in [3.05, 3.63) is 29.8 Å². The molecule has 3 rings (SSSR count). The minimum atomic E-state index is -1.68. The van der Waals surface area contributed by atoms with Crippen LogP contribution < -0.4 is 31.9 Å². The number of aliphatic carboxylic acids is 1. The third-order valence-corrected chi connectivity index (χ3v) is 8.36. The van der Waals surface area contributed by atoms with E-state index in [0.717, 1.165) is 0 Å².